The maximum Gasteiger partial charge on any atom is 0 e. The van der Waals surface area contributed by atoms with Crippen LogP contribution in [0.5, 0.6) is 0 Å². The molecule has 1 heteroatoms. The predicted molar refractivity (Wildman–Crippen MR) is 47.5 cm³/mol. The van der Waals surface area contributed by atoms with Gasteiger partial charge in [0, 0.05) is 19.5 Å². The minimum atomic E-state index is 0. The van der Waals surface area contributed by atoms with Gasteiger partial charge in [-0.05, 0) is 6.92 Å². The fourth-order valence-electron chi connectivity index (χ4n) is 1.24. The van der Waals surface area contributed by atoms with Crippen molar-refractivity contribution in [3.05, 3.63) is 48.0 Å². The molecular formula is C11H9Rh-. The second-order valence-electron chi connectivity index (χ2n) is 2.76. The van der Waals surface area contributed by atoms with Crippen molar-refractivity contribution in [1.29, 1.82) is 0 Å². The Labute approximate surface area is 85.4 Å². The van der Waals surface area contributed by atoms with E-state index in [1.807, 2.05) is 12.1 Å². The molecule has 2 aromatic carbocycles. The molecule has 0 fully saturated rings. The molecule has 0 saturated carbocycles. The van der Waals surface area contributed by atoms with E-state index >= 15 is 0 Å². The van der Waals surface area contributed by atoms with Crippen LogP contribution in [0, 0.1) is 13.0 Å². The molecule has 0 saturated heterocycles. The Kier molecular flexibility index (Phi) is 3.00. The van der Waals surface area contributed by atoms with Gasteiger partial charge in [-0.2, -0.15) is 0 Å². The molecule has 2 aromatic rings. The second kappa shape index (κ2) is 3.82. The van der Waals surface area contributed by atoms with Crippen molar-refractivity contribution in [3.63, 3.8) is 0 Å². The van der Waals surface area contributed by atoms with E-state index in [9.17, 15) is 0 Å². The Bertz CT molecular complexity index is 379. The summed E-state index contributed by atoms with van der Waals surface area (Å²) < 4.78 is 0. The summed E-state index contributed by atoms with van der Waals surface area (Å²) >= 11 is 0. The third-order valence-corrected chi connectivity index (χ3v) is 1.82. The number of hydrogen-bond donors (Lipinski definition) is 0. The molecule has 1 radical (unpaired) electrons. The summed E-state index contributed by atoms with van der Waals surface area (Å²) in [4.78, 5) is 0. The minimum absolute atomic E-state index is 0. The van der Waals surface area contributed by atoms with Gasteiger partial charge in [0.2, 0.25) is 0 Å². The molecule has 63 valence electrons. The van der Waals surface area contributed by atoms with E-state index < -0.39 is 0 Å². The van der Waals surface area contributed by atoms with Gasteiger partial charge >= 0.3 is 0 Å². The van der Waals surface area contributed by atoms with E-state index in [0.717, 1.165) is 0 Å². The van der Waals surface area contributed by atoms with Crippen molar-refractivity contribution in [2.75, 3.05) is 0 Å². The van der Waals surface area contributed by atoms with Gasteiger partial charge in [-0.15, -0.1) is 47.2 Å². The first kappa shape index (κ1) is 9.41. The monoisotopic (exact) mass is 244 g/mol. The maximum atomic E-state index is 3.18. The fourth-order valence-corrected chi connectivity index (χ4v) is 1.24. The van der Waals surface area contributed by atoms with Crippen LogP contribution in [0.15, 0.2) is 36.4 Å². The van der Waals surface area contributed by atoms with Crippen molar-refractivity contribution in [3.8, 4) is 0 Å². The summed E-state index contributed by atoms with van der Waals surface area (Å²) in [6, 6.07) is 15.6. The van der Waals surface area contributed by atoms with Crippen molar-refractivity contribution in [2.45, 2.75) is 6.92 Å². The molecule has 0 atom stereocenters. The largest absolute Gasteiger partial charge is 0.147 e. The normalized spacial score (nSPS) is 9.42. The minimum Gasteiger partial charge on any atom is -0.147 e. The van der Waals surface area contributed by atoms with Crippen molar-refractivity contribution in [2.24, 2.45) is 0 Å². The topological polar surface area (TPSA) is 0 Å². The van der Waals surface area contributed by atoms with Gasteiger partial charge in [-0.1, -0.05) is 11.6 Å². The van der Waals surface area contributed by atoms with Crippen LogP contribution < -0.4 is 0 Å². The van der Waals surface area contributed by atoms with Gasteiger partial charge in [-0.25, -0.2) is 0 Å². The molecule has 12 heavy (non-hydrogen) atoms. The van der Waals surface area contributed by atoms with E-state index in [-0.39, 0.29) is 19.5 Å². The summed E-state index contributed by atoms with van der Waals surface area (Å²) in [7, 11) is 0. The van der Waals surface area contributed by atoms with Gasteiger partial charge in [0.1, 0.15) is 0 Å². The Balaban J connectivity index is 0.000000720. The quantitative estimate of drug-likeness (QED) is 0.493. The zero-order valence-corrected chi connectivity index (χ0v) is 8.44. The van der Waals surface area contributed by atoms with E-state index in [2.05, 4.69) is 37.3 Å². The Hall–Kier alpha value is -0.677. The average molecular weight is 244 g/mol. The first-order chi connectivity index (χ1) is 5.36. The first-order valence-electron chi connectivity index (χ1n) is 3.73. The molecule has 0 aliphatic rings. The Morgan fingerprint density at radius 3 is 2.83 bits per heavy atom. The van der Waals surface area contributed by atoms with Crippen molar-refractivity contribution < 1.29 is 19.5 Å². The number of aryl methyl sites for hydroxylation is 1. The average Bonchev–Trinajstić information content (AvgIpc) is 2.04. The number of benzene rings is 2. The summed E-state index contributed by atoms with van der Waals surface area (Å²) in [5.74, 6) is 0. The molecule has 0 nitrogen and oxygen atoms in total. The molecule has 0 bridgehead atoms. The van der Waals surface area contributed by atoms with Crippen LogP contribution in [0.4, 0.5) is 0 Å². The zero-order chi connectivity index (χ0) is 7.68. The molecule has 0 aromatic heterocycles. The molecule has 0 amide bonds. The standard InChI is InChI=1S/C11H9.Rh/c1-9-6-7-10-4-2-3-5-11(10)8-9;/h2-3,5-8H,1H3;/q-1;. The Morgan fingerprint density at radius 2 is 2.00 bits per heavy atom. The summed E-state index contributed by atoms with van der Waals surface area (Å²) in [6.07, 6.45) is 0. The van der Waals surface area contributed by atoms with Crippen LogP contribution in [0.2, 0.25) is 0 Å². The zero-order valence-electron chi connectivity index (χ0n) is 6.80. The number of rotatable bonds is 0. The number of fused-ring (bicyclic) bond motifs is 1. The molecule has 0 aliphatic heterocycles. The summed E-state index contributed by atoms with van der Waals surface area (Å²) in [5.41, 5.74) is 1.30. The molecule has 0 aliphatic carbocycles. The molecule has 0 N–H and O–H groups in total. The summed E-state index contributed by atoms with van der Waals surface area (Å²) in [5, 5.41) is 2.46. The van der Waals surface area contributed by atoms with Gasteiger partial charge in [-0.3, -0.25) is 0 Å². The smallest absolute Gasteiger partial charge is 0 e. The van der Waals surface area contributed by atoms with E-state index in [4.69, 9.17) is 0 Å². The van der Waals surface area contributed by atoms with Crippen LogP contribution in [-0.2, 0) is 19.5 Å². The van der Waals surface area contributed by atoms with Crippen LogP contribution in [-0.4, -0.2) is 0 Å². The maximum absolute atomic E-state index is 3.18. The van der Waals surface area contributed by atoms with E-state index in [1.165, 1.54) is 16.3 Å². The molecule has 0 unspecified atom stereocenters. The van der Waals surface area contributed by atoms with Crippen LogP contribution in [0.25, 0.3) is 10.8 Å². The van der Waals surface area contributed by atoms with Gasteiger partial charge in [0.05, 0.1) is 0 Å². The predicted octanol–water partition coefficient (Wildman–Crippen LogP) is 2.95. The molecule has 0 heterocycles. The third kappa shape index (κ3) is 1.73. The Morgan fingerprint density at radius 1 is 1.17 bits per heavy atom. The van der Waals surface area contributed by atoms with Crippen molar-refractivity contribution >= 4 is 10.8 Å². The number of hydrogen-bond acceptors (Lipinski definition) is 0. The van der Waals surface area contributed by atoms with Crippen molar-refractivity contribution in [1.82, 2.24) is 0 Å². The van der Waals surface area contributed by atoms with E-state index in [0.29, 0.717) is 0 Å². The van der Waals surface area contributed by atoms with Gasteiger partial charge < -0.3 is 0 Å². The first-order valence-corrected chi connectivity index (χ1v) is 3.73. The van der Waals surface area contributed by atoms with Crippen LogP contribution in [0.3, 0.4) is 0 Å². The SMILES string of the molecule is Cc1ccc2[c-]cccc2c1.[Rh]. The van der Waals surface area contributed by atoms with E-state index in [1.54, 1.807) is 0 Å². The summed E-state index contributed by atoms with van der Waals surface area (Å²) in [6.45, 7) is 2.10. The molecular weight excluding hydrogens is 235 g/mol. The molecule has 2 rings (SSSR count). The van der Waals surface area contributed by atoms with Gasteiger partial charge in [0.15, 0.2) is 0 Å². The fraction of sp³-hybridized carbons (Fsp3) is 0.0909. The molecule has 0 spiro atoms. The second-order valence-corrected chi connectivity index (χ2v) is 2.76. The third-order valence-electron chi connectivity index (χ3n) is 1.82. The van der Waals surface area contributed by atoms with Crippen LogP contribution >= 0.6 is 0 Å². The van der Waals surface area contributed by atoms with Gasteiger partial charge in [0.25, 0.3) is 0 Å². The van der Waals surface area contributed by atoms with Crippen LogP contribution in [0.1, 0.15) is 5.56 Å².